The van der Waals surface area contributed by atoms with E-state index in [4.69, 9.17) is 71.6 Å². The van der Waals surface area contributed by atoms with Gasteiger partial charge in [-0.3, -0.25) is 43.7 Å². The van der Waals surface area contributed by atoms with Crippen molar-refractivity contribution in [2.75, 3.05) is 78.1 Å². The van der Waals surface area contributed by atoms with Crippen LogP contribution in [0.1, 0.15) is 177 Å². The number of likely N-dealkylation sites (N-methyl/N-ethyl adjacent to an activating group) is 1. The lowest BCUT2D eigenvalue weighted by atomic mass is 9.54. The Morgan fingerprint density at radius 1 is 0.603 bits per heavy atom. The van der Waals surface area contributed by atoms with Crippen LogP contribution >= 0.6 is 23.2 Å². The molecule has 7 aliphatic heterocycles. The van der Waals surface area contributed by atoms with Crippen molar-refractivity contribution in [1.29, 1.82) is 0 Å². The molecule has 141 heavy (non-hydrogen) atoms. The van der Waals surface area contributed by atoms with Crippen LogP contribution in [0.5, 0.6) is 63.2 Å². The van der Waals surface area contributed by atoms with E-state index in [1.807, 2.05) is 34.6 Å². The topological polar surface area (TPSA) is 601 Å². The van der Waals surface area contributed by atoms with Gasteiger partial charge in [0.1, 0.15) is 115 Å². The van der Waals surface area contributed by atoms with Crippen molar-refractivity contribution in [1.82, 2.24) is 63.8 Å². The van der Waals surface area contributed by atoms with E-state index in [1.165, 1.54) is 57.3 Å². The number of aliphatic hydroxyl groups excluding tert-OH is 6. The number of halogens is 2. The minimum absolute atomic E-state index is 0.0146. The maximum atomic E-state index is 16.9. The summed E-state index contributed by atoms with van der Waals surface area (Å²) in [5, 5.41) is 143. The molecule has 0 aromatic heterocycles. The van der Waals surface area contributed by atoms with E-state index < -0.39 is 237 Å². The summed E-state index contributed by atoms with van der Waals surface area (Å²) in [6.07, 6.45) is -12.4. The molecule has 4 saturated carbocycles. The lowest BCUT2D eigenvalue weighted by Crippen LogP contribution is -2.64. The molecular formula is C98H128Cl2N14O27. The first kappa shape index (κ1) is 106. The van der Waals surface area contributed by atoms with E-state index in [9.17, 15) is 55.5 Å². The molecule has 7 heterocycles. The van der Waals surface area contributed by atoms with Gasteiger partial charge in [0.25, 0.3) is 0 Å². The van der Waals surface area contributed by atoms with Crippen LogP contribution in [0.2, 0.25) is 10.0 Å². The lowest BCUT2D eigenvalue weighted by Gasteiger charge is -2.54. The highest BCUT2D eigenvalue weighted by Crippen LogP contribution is 2.55. The molecule has 18 atom stereocenters. The van der Waals surface area contributed by atoms with Gasteiger partial charge in [-0.05, 0) is 210 Å². The molecule has 43 heteroatoms. The number of anilines is 1. The van der Waals surface area contributed by atoms with Crippen LogP contribution in [0.3, 0.4) is 0 Å². The largest absolute Gasteiger partial charge is 0.508 e. The number of fused-ring (bicyclic) bond motifs is 15. The standard InChI is InChI=1S/C98H128Cl2N14O27/c1-9-18-103-21-24-133-67-38-55(39-68(134-25-22-104-19-10-2)85(67)135-26-23-105-20-11-3)106-97(132)108-72(119)42-62-90(126)110-77-54-36-69(137-65-16-13-50(34-59(65)99)81(120)79(94(130)107-62)113-89(125)61(102-8)27-45(4)5)86(141-96-87(84(123)83(122)71(44-115)139-96)140-73-43-98(7,101)88(124)46(6)136-73)70(37-54)138-66-17-14-51(35-60(66)100)82(121)80-95(131)112-78(93(129)109-75-52-29-47-28-48(31-52)32-53(75)30-47)58-40-56(116)41-64(118)74(58)57-33-49(12-15-63(57)117)76(91(127)114-80)111-92(77)128/h12-17,33-41,45-48,52-53,61-62,71,73,75-84,87-88,96,102-105,115-118,120-124H,9-11,18-32,42-44,101H2,1-8H3,(H,107,130)(H,109,129)(H,110,126)(H,111,128)(H,112,131)(H,113,125)(H,114,127)(H2,106,108,119,132)/t46-,47?,48?,52?,53?,61+,62-,71+,73-,75?,76+,77+,78-,79+,80-,81+,82+,83+,84-,87+,88+,96-,98-/m0/s1. The van der Waals surface area contributed by atoms with Crippen molar-refractivity contribution in [2.45, 2.75) is 234 Å². The highest BCUT2D eigenvalue weighted by atomic mass is 35.5. The van der Waals surface area contributed by atoms with Crippen molar-refractivity contribution >= 4 is 82.2 Å². The number of nitrogens with one attached hydrogen (secondary N) is 13. The Labute approximate surface area is 824 Å². The van der Waals surface area contributed by atoms with E-state index in [-0.39, 0.29) is 112 Å². The quantitative estimate of drug-likeness (QED) is 0.0242. The number of phenolic OH excluding ortho intramolecular Hbond substituents is 3. The fraction of sp³-hybridized carbons (Fsp3) is 0.541. The van der Waals surface area contributed by atoms with Crippen molar-refractivity contribution in [3.05, 3.63) is 129 Å². The van der Waals surface area contributed by atoms with Crippen LogP contribution < -0.4 is 103 Å². The number of hydrogen-bond acceptors (Lipinski definition) is 32. The predicted molar refractivity (Wildman–Crippen MR) is 511 cm³/mol. The van der Waals surface area contributed by atoms with Gasteiger partial charge in [-0.25, -0.2) is 4.79 Å². The van der Waals surface area contributed by atoms with E-state index in [0.717, 1.165) is 106 Å². The summed E-state index contributed by atoms with van der Waals surface area (Å²) in [6.45, 7) is 15.3. The second kappa shape index (κ2) is 46.9. The molecule has 2 saturated heterocycles. The highest BCUT2D eigenvalue weighted by molar-refractivity contribution is 6.32. The second-order valence-electron chi connectivity index (χ2n) is 38.0. The lowest BCUT2D eigenvalue weighted by molar-refractivity contribution is -0.333. The van der Waals surface area contributed by atoms with Gasteiger partial charge >= 0.3 is 6.03 Å². The van der Waals surface area contributed by atoms with Gasteiger partial charge in [-0.1, -0.05) is 76.0 Å². The maximum Gasteiger partial charge on any atom is 0.325 e. The van der Waals surface area contributed by atoms with Gasteiger partial charge in [0.15, 0.2) is 35.4 Å². The minimum Gasteiger partial charge on any atom is -0.508 e. The van der Waals surface area contributed by atoms with Crippen molar-refractivity contribution < 1.29 is 132 Å². The summed E-state index contributed by atoms with van der Waals surface area (Å²) in [5.74, 6) is -13.7. The number of hydrogen-bond donors (Lipinski definition) is 23. The third kappa shape index (κ3) is 25.0. The molecule has 24 N–H and O–H groups in total. The molecule has 15 bridgehead atoms. The molecule has 0 unspecified atom stereocenters. The average molecular weight is 2010 g/mol. The Morgan fingerprint density at radius 3 is 1.75 bits per heavy atom. The van der Waals surface area contributed by atoms with E-state index in [2.05, 4.69) is 69.1 Å². The number of aromatic hydroxyl groups is 3. The molecule has 0 radical (unpaired) electrons. The van der Waals surface area contributed by atoms with Gasteiger partial charge < -0.3 is 158 Å². The highest BCUT2D eigenvalue weighted by Gasteiger charge is 2.54. The summed E-state index contributed by atoms with van der Waals surface area (Å²) in [5.41, 5.74) is 2.81. The maximum absolute atomic E-state index is 16.9. The molecule has 10 amide bonds. The van der Waals surface area contributed by atoms with Crippen molar-refractivity contribution in [3.63, 3.8) is 0 Å². The predicted octanol–water partition coefficient (Wildman–Crippen LogP) is 4.96. The second-order valence-corrected chi connectivity index (χ2v) is 38.8. The number of aliphatic hydroxyl groups is 6. The Balaban J connectivity index is 0.940. The number of nitrogens with two attached hydrogens (primary N) is 1. The summed E-state index contributed by atoms with van der Waals surface area (Å²) < 4.78 is 58.3. The molecule has 6 aromatic carbocycles. The number of rotatable bonds is 33. The van der Waals surface area contributed by atoms with E-state index in [1.54, 1.807) is 0 Å². The molecule has 6 fully saturated rings. The molecule has 0 spiro atoms. The Morgan fingerprint density at radius 2 is 1.18 bits per heavy atom. The van der Waals surface area contributed by atoms with Crippen LogP contribution in [0.15, 0.2) is 91.0 Å². The number of carbonyl (C=O) groups is 9. The number of phenols is 3. The summed E-state index contributed by atoms with van der Waals surface area (Å²) in [4.78, 5) is 142. The molecule has 4 aliphatic carbocycles. The van der Waals surface area contributed by atoms with Gasteiger partial charge in [-0.2, -0.15) is 0 Å². The first-order chi connectivity index (χ1) is 67.4. The minimum atomic E-state index is -2.47. The average Bonchev–Trinajstić information content (AvgIpc) is 0.756. The molecule has 6 aromatic rings. The van der Waals surface area contributed by atoms with Gasteiger partial charge in [0, 0.05) is 67.0 Å². The third-order valence-electron chi connectivity index (χ3n) is 26.7. The summed E-state index contributed by atoms with van der Waals surface area (Å²) in [6, 6.07) is 1.14. The fourth-order valence-corrected chi connectivity index (χ4v) is 20.3. The van der Waals surface area contributed by atoms with Gasteiger partial charge in [0.05, 0.1) is 47.0 Å². The molecule has 11 aliphatic rings. The van der Waals surface area contributed by atoms with Crippen molar-refractivity contribution in [2.24, 2.45) is 35.3 Å². The zero-order valence-electron chi connectivity index (χ0n) is 79.5. The number of carbonyl (C=O) groups excluding carboxylic acids is 9. The molecule has 41 nitrogen and oxygen atoms in total. The first-order valence-corrected chi connectivity index (χ1v) is 48.7. The SMILES string of the molecule is CCCNCCOc1cc(NC(=O)NC(=O)C[C@@H]2NC(=O)[C@H](NC(=O)[C@@H](CC(C)C)NC)[C@H](O)c3ccc(c(Cl)c3)Oc3cc4cc(c3O[C@@H]3O[C@H](CO)[C@@H](O)[C@H](O)[C@H]3O[C@H]3C[C@](C)(N)[C@H](O)[C@H](C)O3)Oc3ccc(cc3Cl)[C@@H](O)[C@@H]3NC(=O)[C@H](NC(=O)[C@@H]4NC2=O)c2ccc(O)c(c2)-c2c(O)cc(O)cc2[C@@H](C(=O)NC2C4CC5CC(C4)CC2C5)NC3=O)cc(OCCNCCC)c1OCCNCCC. The molecule has 17 rings (SSSR count). The van der Waals surface area contributed by atoms with Crippen molar-refractivity contribution in [3.8, 4) is 74.4 Å². The van der Waals surface area contributed by atoms with Crippen LogP contribution in [-0.4, -0.2) is 257 Å². The molecule has 766 valence electrons. The Bertz CT molecular complexity index is 5470. The monoisotopic (exact) mass is 2000 g/mol. The zero-order valence-corrected chi connectivity index (χ0v) is 81.0. The van der Waals surface area contributed by atoms with Gasteiger partial charge in [-0.15, -0.1) is 0 Å². The number of imide groups is 1. The van der Waals surface area contributed by atoms with Crippen LogP contribution in [0, 0.1) is 29.6 Å². The van der Waals surface area contributed by atoms with Crippen LogP contribution in [0.4, 0.5) is 10.5 Å². The third-order valence-corrected chi connectivity index (χ3v) is 27.3. The number of amides is 10. The van der Waals surface area contributed by atoms with Gasteiger partial charge in [0.2, 0.25) is 65.0 Å². The van der Waals surface area contributed by atoms with E-state index in [0.29, 0.717) is 51.1 Å². The van der Waals surface area contributed by atoms with Crippen LogP contribution in [0.25, 0.3) is 11.1 Å². The smallest absolute Gasteiger partial charge is 0.325 e. The summed E-state index contributed by atoms with van der Waals surface area (Å²) >= 11 is 14.6. The normalized spacial score (nSPS) is 28.2. The Kier molecular flexibility index (Phi) is 35.1. The van der Waals surface area contributed by atoms with E-state index >= 15 is 33.6 Å². The zero-order chi connectivity index (χ0) is 101. The summed E-state index contributed by atoms with van der Waals surface area (Å²) in [7, 11) is 1.47. The fourth-order valence-electron chi connectivity index (χ4n) is 19.8. The molecular weight excluding hydrogens is 1880 g/mol. The Hall–Kier alpha value is -11.2. The number of benzene rings is 6. The van der Waals surface area contributed by atoms with Crippen LogP contribution in [-0.2, 0) is 52.6 Å². The number of ether oxygens (including phenoxy) is 9. The first-order valence-electron chi connectivity index (χ1n) is 48.0. The number of urea groups is 1.